The van der Waals surface area contributed by atoms with Crippen molar-refractivity contribution in [3.8, 4) is 0 Å². The standard InChI is InChI=1S/C24H29N3O3/c28-22-17-30-18-26(14-8-7-13-25-22)24(29)27-15-21(16-27)23(19-9-3-1-4-10-19)20-11-5-2-6-12-20/h1-6,9-12,21,23H,7-8,13-18H2,(H,25,28). The molecular formula is C24H29N3O3. The first kappa shape index (κ1) is 20.4. The lowest BCUT2D eigenvalue weighted by Crippen LogP contribution is -2.57. The molecule has 3 amide bonds. The number of urea groups is 1. The number of carbonyl (C=O) groups excluding carboxylic acids is 2. The minimum absolute atomic E-state index is 0.00348. The summed E-state index contributed by atoms with van der Waals surface area (Å²) in [6.45, 7) is 2.89. The second-order valence-corrected chi connectivity index (χ2v) is 8.04. The largest absolute Gasteiger partial charge is 0.354 e. The van der Waals surface area contributed by atoms with Crippen LogP contribution in [0.25, 0.3) is 0 Å². The zero-order chi connectivity index (χ0) is 20.8. The van der Waals surface area contributed by atoms with Crippen LogP contribution in [0.1, 0.15) is 29.9 Å². The van der Waals surface area contributed by atoms with E-state index >= 15 is 0 Å². The van der Waals surface area contributed by atoms with Crippen LogP contribution in [0.15, 0.2) is 60.7 Å². The minimum atomic E-state index is -0.123. The average molecular weight is 408 g/mol. The fourth-order valence-corrected chi connectivity index (χ4v) is 4.31. The first-order chi connectivity index (χ1) is 14.7. The molecule has 0 radical (unpaired) electrons. The van der Waals surface area contributed by atoms with E-state index in [1.807, 2.05) is 17.0 Å². The summed E-state index contributed by atoms with van der Waals surface area (Å²) in [5.74, 6) is 0.531. The fraction of sp³-hybridized carbons (Fsp3) is 0.417. The summed E-state index contributed by atoms with van der Waals surface area (Å²) in [4.78, 5) is 28.3. The molecule has 0 saturated carbocycles. The molecule has 0 unspecified atom stereocenters. The third-order valence-electron chi connectivity index (χ3n) is 5.90. The van der Waals surface area contributed by atoms with Gasteiger partial charge in [0.2, 0.25) is 5.91 Å². The number of benzene rings is 2. The number of amides is 3. The van der Waals surface area contributed by atoms with Crippen LogP contribution < -0.4 is 5.32 Å². The van der Waals surface area contributed by atoms with Gasteiger partial charge in [0.15, 0.2) is 0 Å². The highest BCUT2D eigenvalue weighted by Gasteiger charge is 2.39. The minimum Gasteiger partial charge on any atom is -0.354 e. The van der Waals surface area contributed by atoms with Gasteiger partial charge in [-0.3, -0.25) is 4.79 Å². The third-order valence-corrected chi connectivity index (χ3v) is 5.90. The molecule has 158 valence electrons. The van der Waals surface area contributed by atoms with Crippen molar-refractivity contribution < 1.29 is 14.3 Å². The maximum absolute atomic E-state index is 13.0. The lowest BCUT2D eigenvalue weighted by molar-refractivity contribution is -0.127. The highest BCUT2D eigenvalue weighted by molar-refractivity contribution is 5.77. The molecule has 0 aliphatic carbocycles. The predicted octanol–water partition coefficient (Wildman–Crippen LogP) is 3.06. The van der Waals surface area contributed by atoms with Crippen molar-refractivity contribution >= 4 is 11.9 Å². The number of hydrogen-bond donors (Lipinski definition) is 1. The Morgan fingerprint density at radius 3 is 2.20 bits per heavy atom. The Kier molecular flexibility index (Phi) is 6.64. The zero-order valence-electron chi connectivity index (χ0n) is 17.2. The van der Waals surface area contributed by atoms with Crippen LogP contribution in [0.4, 0.5) is 4.79 Å². The molecule has 30 heavy (non-hydrogen) atoms. The lowest BCUT2D eigenvalue weighted by atomic mass is 9.77. The predicted molar refractivity (Wildman–Crippen MR) is 115 cm³/mol. The second kappa shape index (κ2) is 9.76. The molecule has 2 aromatic carbocycles. The number of nitrogens with one attached hydrogen (secondary N) is 1. The van der Waals surface area contributed by atoms with E-state index in [2.05, 4.69) is 53.8 Å². The molecule has 6 heteroatoms. The van der Waals surface area contributed by atoms with E-state index in [0.717, 1.165) is 25.9 Å². The highest BCUT2D eigenvalue weighted by atomic mass is 16.5. The van der Waals surface area contributed by atoms with Crippen molar-refractivity contribution in [2.75, 3.05) is 39.5 Å². The first-order valence-corrected chi connectivity index (χ1v) is 10.7. The van der Waals surface area contributed by atoms with E-state index in [4.69, 9.17) is 4.74 Å². The SMILES string of the molecule is O=C1COCN(C(=O)N2CC(C(c3ccccc3)c3ccccc3)C2)CCCCN1. The molecule has 2 saturated heterocycles. The van der Waals surface area contributed by atoms with Gasteiger partial charge in [0.05, 0.1) is 0 Å². The molecule has 2 aliphatic heterocycles. The molecule has 2 aromatic rings. The van der Waals surface area contributed by atoms with E-state index in [-0.39, 0.29) is 31.2 Å². The Balaban J connectivity index is 1.41. The zero-order valence-corrected chi connectivity index (χ0v) is 17.2. The van der Waals surface area contributed by atoms with Crippen molar-refractivity contribution in [3.63, 3.8) is 0 Å². The van der Waals surface area contributed by atoms with Gasteiger partial charge in [0, 0.05) is 38.0 Å². The summed E-state index contributed by atoms with van der Waals surface area (Å²) in [6, 6.07) is 21.1. The van der Waals surface area contributed by atoms with Crippen LogP contribution in [0.3, 0.4) is 0 Å². The van der Waals surface area contributed by atoms with Crippen LogP contribution in [-0.4, -0.2) is 61.3 Å². The maximum Gasteiger partial charge on any atom is 0.321 e. The Morgan fingerprint density at radius 1 is 0.933 bits per heavy atom. The number of carbonyl (C=O) groups is 2. The van der Waals surface area contributed by atoms with Gasteiger partial charge in [0.1, 0.15) is 13.3 Å². The van der Waals surface area contributed by atoms with Gasteiger partial charge in [-0.25, -0.2) is 4.79 Å². The molecule has 2 heterocycles. The number of nitrogens with zero attached hydrogens (tertiary/aromatic N) is 2. The Bertz CT molecular complexity index is 798. The van der Waals surface area contributed by atoms with Gasteiger partial charge >= 0.3 is 6.03 Å². The van der Waals surface area contributed by atoms with Crippen LogP contribution >= 0.6 is 0 Å². The molecule has 0 atom stereocenters. The van der Waals surface area contributed by atoms with Crippen molar-refractivity contribution in [3.05, 3.63) is 71.8 Å². The Hall–Kier alpha value is -2.86. The Labute approximate surface area is 177 Å². The molecule has 1 N–H and O–H groups in total. The average Bonchev–Trinajstić information content (AvgIpc) is 2.75. The van der Waals surface area contributed by atoms with Gasteiger partial charge in [-0.05, 0) is 24.0 Å². The topological polar surface area (TPSA) is 61.9 Å². The number of rotatable bonds is 3. The lowest BCUT2D eigenvalue weighted by Gasteiger charge is -2.45. The van der Waals surface area contributed by atoms with E-state index in [9.17, 15) is 9.59 Å². The van der Waals surface area contributed by atoms with E-state index in [0.29, 0.717) is 19.0 Å². The van der Waals surface area contributed by atoms with Crippen molar-refractivity contribution in [1.82, 2.24) is 15.1 Å². The van der Waals surface area contributed by atoms with Crippen LogP contribution in [-0.2, 0) is 9.53 Å². The first-order valence-electron chi connectivity index (χ1n) is 10.7. The summed E-state index contributed by atoms with van der Waals surface area (Å²) in [6.07, 6.45) is 1.71. The molecule has 6 nitrogen and oxygen atoms in total. The molecule has 2 aliphatic rings. The van der Waals surface area contributed by atoms with Crippen molar-refractivity contribution in [1.29, 1.82) is 0 Å². The number of hydrogen-bond acceptors (Lipinski definition) is 3. The van der Waals surface area contributed by atoms with E-state index in [1.165, 1.54) is 11.1 Å². The smallest absolute Gasteiger partial charge is 0.321 e. The summed E-state index contributed by atoms with van der Waals surface area (Å²) in [5.41, 5.74) is 2.57. The van der Waals surface area contributed by atoms with Gasteiger partial charge in [0.25, 0.3) is 0 Å². The molecule has 0 spiro atoms. The normalized spacial score (nSPS) is 18.6. The maximum atomic E-state index is 13.0. The molecule has 2 fully saturated rings. The third kappa shape index (κ3) is 4.82. The van der Waals surface area contributed by atoms with Gasteiger partial charge in [-0.1, -0.05) is 60.7 Å². The van der Waals surface area contributed by atoms with Crippen LogP contribution in [0, 0.1) is 5.92 Å². The summed E-state index contributed by atoms with van der Waals surface area (Å²) >= 11 is 0. The molecule has 0 aromatic heterocycles. The molecule has 4 rings (SSSR count). The monoisotopic (exact) mass is 407 g/mol. The summed E-state index contributed by atoms with van der Waals surface area (Å²) in [7, 11) is 0. The number of likely N-dealkylation sites (tertiary alicyclic amines) is 1. The van der Waals surface area contributed by atoms with Crippen LogP contribution in [0.2, 0.25) is 0 Å². The summed E-state index contributed by atoms with van der Waals surface area (Å²) < 4.78 is 5.45. The highest BCUT2D eigenvalue weighted by Crippen LogP contribution is 2.37. The van der Waals surface area contributed by atoms with Crippen LogP contribution in [0.5, 0.6) is 0 Å². The van der Waals surface area contributed by atoms with E-state index in [1.54, 1.807) is 4.90 Å². The van der Waals surface area contributed by atoms with Gasteiger partial charge < -0.3 is 19.9 Å². The summed E-state index contributed by atoms with van der Waals surface area (Å²) in [5, 5.41) is 2.81. The van der Waals surface area contributed by atoms with E-state index < -0.39 is 0 Å². The quantitative estimate of drug-likeness (QED) is 0.851. The van der Waals surface area contributed by atoms with Gasteiger partial charge in [-0.2, -0.15) is 0 Å². The number of ether oxygens (including phenoxy) is 1. The molecule has 0 bridgehead atoms. The van der Waals surface area contributed by atoms with Crippen molar-refractivity contribution in [2.45, 2.75) is 18.8 Å². The Morgan fingerprint density at radius 2 is 1.57 bits per heavy atom. The molecular weight excluding hydrogens is 378 g/mol. The van der Waals surface area contributed by atoms with Gasteiger partial charge in [-0.15, -0.1) is 0 Å². The van der Waals surface area contributed by atoms with Crippen molar-refractivity contribution in [2.24, 2.45) is 5.92 Å². The second-order valence-electron chi connectivity index (χ2n) is 8.04. The fourth-order valence-electron chi connectivity index (χ4n) is 4.31.